The van der Waals surface area contributed by atoms with Crippen LogP contribution in [0.15, 0.2) is 78.9 Å². The molecule has 30 heavy (non-hydrogen) atoms. The van der Waals surface area contributed by atoms with Crippen LogP contribution >= 0.6 is 0 Å². The van der Waals surface area contributed by atoms with Gasteiger partial charge in [-0.25, -0.2) is 0 Å². The van der Waals surface area contributed by atoms with Crippen LogP contribution in [0.2, 0.25) is 0 Å². The van der Waals surface area contributed by atoms with Crippen LogP contribution in [0.4, 0.5) is 5.69 Å². The Morgan fingerprint density at radius 1 is 0.767 bits per heavy atom. The predicted molar refractivity (Wildman–Crippen MR) is 118 cm³/mol. The third kappa shape index (κ3) is 3.39. The molecule has 2 aliphatic heterocycles. The lowest BCUT2D eigenvalue weighted by atomic mass is 10.0. The Morgan fingerprint density at radius 3 is 2.10 bits per heavy atom. The molecule has 0 N–H and O–H groups in total. The fraction of sp³-hybridized carbons (Fsp3) is 0.231. The summed E-state index contributed by atoms with van der Waals surface area (Å²) in [6, 6.07) is 25.5. The summed E-state index contributed by atoms with van der Waals surface area (Å²) in [6.07, 6.45) is 1.93. The quantitative estimate of drug-likeness (QED) is 0.608. The minimum atomic E-state index is 0.0490. The van der Waals surface area contributed by atoms with Crippen molar-refractivity contribution < 1.29 is 9.59 Å². The highest BCUT2D eigenvalue weighted by Crippen LogP contribution is 2.30. The number of amides is 1. The van der Waals surface area contributed by atoms with Gasteiger partial charge in [0.25, 0.3) is 5.91 Å². The first-order valence-corrected chi connectivity index (χ1v) is 10.5. The third-order valence-electron chi connectivity index (χ3n) is 6.29. The zero-order valence-corrected chi connectivity index (χ0v) is 16.8. The van der Waals surface area contributed by atoms with Crippen molar-refractivity contribution >= 4 is 17.4 Å². The summed E-state index contributed by atoms with van der Waals surface area (Å²) in [7, 11) is 0. The van der Waals surface area contributed by atoms with Crippen molar-refractivity contribution in [3.05, 3.63) is 101 Å². The molecule has 2 heterocycles. The number of hydrogen-bond donors (Lipinski definition) is 0. The summed E-state index contributed by atoms with van der Waals surface area (Å²) >= 11 is 0. The van der Waals surface area contributed by atoms with Gasteiger partial charge in [0.1, 0.15) is 0 Å². The molecule has 0 bridgehead atoms. The van der Waals surface area contributed by atoms with Crippen molar-refractivity contribution in [1.82, 2.24) is 4.90 Å². The maximum Gasteiger partial charge on any atom is 0.254 e. The van der Waals surface area contributed by atoms with Crippen molar-refractivity contribution in [2.45, 2.75) is 25.4 Å². The second-order valence-electron chi connectivity index (χ2n) is 8.05. The molecule has 4 nitrogen and oxygen atoms in total. The molecule has 4 heteroatoms. The number of hydrogen-bond acceptors (Lipinski definition) is 3. The zero-order valence-electron chi connectivity index (χ0n) is 16.8. The monoisotopic (exact) mass is 396 g/mol. The van der Waals surface area contributed by atoms with Crippen molar-refractivity contribution in [3.8, 4) is 0 Å². The van der Waals surface area contributed by atoms with E-state index in [2.05, 4.69) is 11.0 Å². The number of rotatable bonds is 4. The number of fused-ring (bicyclic) bond motifs is 1. The maximum atomic E-state index is 12.7. The fourth-order valence-corrected chi connectivity index (χ4v) is 4.59. The molecule has 0 aromatic heterocycles. The minimum Gasteiger partial charge on any atom is -0.371 e. The predicted octanol–water partition coefficient (Wildman–Crippen LogP) is 4.54. The van der Waals surface area contributed by atoms with Gasteiger partial charge in [0.05, 0.1) is 0 Å². The Labute approximate surface area is 176 Å². The molecule has 1 amide bonds. The maximum absolute atomic E-state index is 12.7. The molecule has 2 aliphatic rings. The molecule has 5 rings (SSSR count). The largest absolute Gasteiger partial charge is 0.371 e. The smallest absolute Gasteiger partial charge is 0.254 e. The number of anilines is 1. The van der Waals surface area contributed by atoms with Crippen LogP contribution in [0.3, 0.4) is 0 Å². The molecular formula is C26H24N2O2. The molecule has 150 valence electrons. The van der Waals surface area contributed by atoms with Gasteiger partial charge >= 0.3 is 0 Å². The zero-order chi connectivity index (χ0) is 20.5. The van der Waals surface area contributed by atoms with E-state index in [0.29, 0.717) is 17.2 Å². The van der Waals surface area contributed by atoms with Gasteiger partial charge in [-0.3, -0.25) is 9.59 Å². The summed E-state index contributed by atoms with van der Waals surface area (Å²) in [4.78, 5) is 29.7. The summed E-state index contributed by atoms with van der Waals surface area (Å²) in [5.74, 6) is 0.223. The van der Waals surface area contributed by atoms with Crippen LogP contribution in [0.1, 0.15) is 44.7 Å². The summed E-state index contributed by atoms with van der Waals surface area (Å²) in [5.41, 5.74) is 4.55. The highest BCUT2D eigenvalue weighted by Gasteiger charge is 2.34. The number of carbonyl (C=O) groups excluding carboxylic acids is 2. The van der Waals surface area contributed by atoms with E-state index < -0.39 is 0 Å². The molecule has 3 aromatic rings. The van der Waals surface area contributed by atoms with Crippen LogP contribution in [0, 0.1) is 0 Å². The van der Waals surface area contributed by atoms with Gasteiger partial charge in [0, 0.05) is 48.1 Å². The summed E-state index contributed by atoms with van der Waals surface area (Å²) in [5, 5.41) is 0. The van der Waals surface area contributed by atoms with Crippen molar-refractivity contribution in [1.29, 1.82) is 0 Å². The molecule has 0 aliphatic carbocycles. The van der Waals surface area contributed by atoms with Crippen LogP contribution in [0.5, 0.6) is 0 Å². The number of piperidine rings is 1. The number of carbonyl (C=O) groups is 2. The lowest BCUT2D eigenvalue weighted by molar-refractivity contribution is 0.0675. The average Bonchev–Trinajstić information content (AvgIpc) is 3.16. The third-order valence-corrected chi connectivity index (χ3v) is 6.29. The standard InChI is InChI=1S/C26H24N2O2/c29-25(19-6-2-1-3-7-19)20-10-12-22(13-11-20)27-16-14-23(15-17-27)28-18-21-8-4-5-9-24(21)26(28)30/h1-13,23H,14-18H2. The number of nitrogens with zero attached hydrogens (tertiary/aromatic N) is 2. The fourth-order valence-electron chi connectivity index (χ4n) is 4.59. The topological polar surface area (TPSA) is 40.6 Å². The van der Waals surface area contributed by atoms with E-state index in [-0.39, 0.29) is 11.7 Å². The normalized spacial score (nSPS) is 16.6. The first kappa shape index (κ1) is 18.6. The van der Waals surface area contributed by atoms with E-state index in [1.165, 1.54) is 0 Å². The first-order valence-electron chi connectivity index (χ1n) is 10.5. The minimum absolute atomic E-state index is 0.0490. The molecule has 0 atom stereocenters. The first-order chi connectivity index (χ1) is 14.7. The molecular weight excluding hydrogens is 372 g/mol. The second kappa shape index (κ2) is 7.79. The Kier molecular flexibility index (Phi) is 4.83. The van der Waals surface area contributed by atoms with Crippen LogP contribution in [-0.2, 0) is 6.54 Å². The van der Waals surface area contributed by atoms with Crippen molar-refractivity contribution in [2.75, 3.05) is 18.0 Å². The Morgan fingerprint density at radius 2 is 1.40 bits per heavy atom. The Balaban J connectivity index is 1.22. The van der Waals surface area contributed by atoms with E-state index in [1.54, 1.807) is 0 Å². The summed E-state index contributed by atoms with van der Waals surface area (Å²) in [6.45, 7) is 2.56. The van der Waals surface area contributed by atoms with Gasteiger partial charge in [-0.15, -0.1) is 0 Å². The van der Waals surface area contributed by atoms with Crippen LogP contribution < -0.4 is 4.90 Å². The van der Waals surface area contributed by atoms with Gasteiger partial charge in [-0.2, -0.15) is 0 Å². The molecule has 0 unspecified atom stereocenters. The molecule has 0 saturated carbocycles. The van der Waals surface area contributed by atoms with Gasteiger partial charge < -0.3 is 9.80 Å². The molecule has 1 fully saturated rings. The Bertz CT molecular complexity index is 1070. The van der Waals surface area contributed by atoms with E-state index in [9.17, 15) is 9.59 Å². The van der Waals surface area contributed by atoms with E-state index >= 15 is 0 Å². The van der Waals surface area contributed by atoms with E-state index in [4.69, 9.17) is 0 Å². The van der Waals surface area contributed by atoms with Gasteiger partial charge in [0.2, 0.25) is 0 Å². The average molecular weight is 396 g/mol. The van der Waals surface area contributed by atoms with Crippen molar-refractivity contribution in [3.63, 3.8) is 0 Å². The molecule has 3 aromatic carbocycles. The van der Waals surface area contributed by atoms with Gasteiger partial charge in [-0.1, -0.05) is 48.5 Å². The van der Waals surface area contributed by atoms with Gasteiger partial charge in [0.15, 0.2) is 5.78 Å². The molecule has 1 saturated heterocycles. The Hall–Kier alpha value is -3.40. The summed E-state index contributed by atoms with van der Waals surface area (Å²) < 4.78 is 0. The van der Waals surface area contributed by atoms with E-state index in [0.717, 1.165) is 49.3 Å². The lowest BCUT2D eigenvalue weighted by Gasteiger charge is -2.37. The van der Waals surface area contributed by atoms with Crippen molar-refractivity contribution in [2.24, 2.45) is 0 Å². The molecule has 0 spiro atoms. The van der Waals surface area contributed by atoms with Gasteiger partial charge in [-0.05, 0) is 48.7 Å². The SMILES string of the molecule is O=C(c1ccccc1)c1ccc(N2CCC(N3Cc4ccccc4C3=O)CC2)cc1. The van der Waals surface area contributed by atoms with Crippen LogP contribution in [-0.4, -0.2) is 35.7 Å². The molecule has 0 radical (unpaired) electrons. The highest BCUT2D eigenvalue weighted by molar-refractivity contribution is 6.09. The lowest BCUT2D eigenvalue weighted by Crippen LogP contribution is -2.45. The van der Waals surface area contributed by atoms with Crippen LogP contribution in [0.25, 0.3) is 0 Å². The number of ketones is 1. The number of benzene rings is 3. The highest BCUT2D eigenvalue weighted by atomic mass is 16.2. The van der Waals surface area contributed by atoms with E-state index in [1.807, 2.05) is 77.7 Å². The second-order valence-corrected chi connectivity index (χ2v) is 8.05.